The SMILES string of the molecule is CN(C1CCCCC1)C(CN)c1cc(Cl)ccc1O. The highest BCUT2D eigenvalue weighted by Gasteiger charge is 2.26. The molecule has 0 aliphatic heterocycles. The smallest absolute Gasteiger partial charge is 0.120 e. The fraction of sp³-hybridized carbons (Fsp3) is 0.600. The van der Waals surface area contributed by atoms with Gasteiger partial charge in [0.05, 0.1) is 6.04 Å². The number of phenols is 1. The predicted octanol–water partition coefficient (Wildman–Crippen LogP) is 3.31. The molecule has 3 N–H and O–H groups in total. The molecule has 1 atom stereocenters. The molecule has 1 saturated carbocycles. The Hall–Kier alpha value is -0.770. The quantitative estimate of drug-likeness (QED) is 0.891. The molecule has 3 nitrogen and oxygen atoms in total. The van der Waals surface area contributed by atoms with Crippen LogP contribution in [0.15, 0.2) is 18.2 Å². The summed E-state index contributed by atoms with van der Waals surface area (Å²) in [6, 6.07) is 5.76. The van der Waals surface area contributed by atoms with Crippen molar-refractivity contribution in [2.75, 3.05) is 13.6 Å². The Labute approximate surface area is 120 Å². The van der Waals surface area contributed by atoms with E-state index in [0.717, 1.165) is 5.56 Å². The zero-order valence-electron chi connectivity index (χ0n) is 11.5. The van der Waals surface area contributed by atoms with Crippen LogP contribution in [0.25, 0.3) is 0 Å². The summed E-state index contributed by atoms with van der Waals surface area (Å²) in [5.41, 5.74) is 6.77. The van der Waals surface area contributed by atoms with Crippen molar-refractivity contribution in [3.05, 3.63) is 28.8 Å². The lowest BCUT2D eigenvalue weighted by atomic mass is 9.92. The van der Waals surface area contributed by atoms with Crippen LogP contribution in [-0.4, -0.2) is 29.6 Å². The third-order valence-electron chi connectivity index (χ3n) is 4.21. The maximum atomic E-state index is 10.0. The van der Waals surface area contributed by atoms with E-state index in [-0.39, 0.29) is 11.8 Å². The second-order valence-electron chi connectivity index (χ2n) is 5.41. The molecule has 19 heavy (non-hydrogen) atoms. The summed E-state index contributed by atoms with van der Waals surface area (Å²) in [5, 5.41) is 10.7. The third-order valence-corrected chi connectivity index (χ3v) is 4.45. The predicted molar refractivity (Wildman–Crippen MR) is 79.5 cm³/mol. The Kier molecular flexibility index (Phi) is 5.08. The van der Waals surface area contributed by atoms with Crippen molar-refractivity contribution >= 4 is 11.6 Å². The molecule has 106 valence electrons. The van der Waals surface area contributed by atoms with E-state index in [1.807, 2.05) is 6.07 Å². The number of nitrogens with zero attached hydrogens (tertiary/aromatic N) is 1. The van der Waals surface area contributed by atoms with Crippen molar-refractivity contribution < 1.29 is 5.11 Å². The normalized spacial score (nSPS) is 18.7. The monoisotopic (exact) mass is 282 g/mol. The van der Waals surface area contributed by atoms with E-state index in [1.165, 1.54) is 32.1 Å². The van der Waals surface area contributed by atoms with Crippen molar-refractivity contribution in [2.45, 2.75) is 44.2 Å². The number of aromatic hydroxyl groups is 1. The lowest BCUT2D eigenvalue weighted by Gasteiger charge is -2.37. The van der Waals surface area contributed by atoms with Crippen molar-refractivity contribution in [3.8, 4) is 5.75 Å². The molecule has 1 aliphatic carbocycles. The first-order valence-electron chi connectivity index (χ1n) is 7.04. The second kappa shape index (κ2) is 6.60. The number of hydrogen-bond acceptors (Lipinski definition) is 3. The van der Waals surface area contributed by atoms with Gasteiger partial charge in [0.25, 0.3) is 0 Å². The summed E-state index contributed by atoms with van der Waals surface area (Å²) in [7, 11) is 2.11. The highest BCUT2D eigenvalue weighted by Crippen LogP contribution is 2.33. The molecule has 2 rings (SSSR count). The molecule has 0 aromatic heterocycles. The van der Waals surface area contributed by atoms with Gasteiger partial charge in [-0.1, -0.05) is 30.9 Å². The topological polar surface area (TPSA) is 49.5 Å². The number of phenolic OH excluding ortho intramolecular Hbond substituents is 1. The standard InChI is InChI=1S/C15H23ClN2O/c1-18(12-5-3-2-4-6-12)14(10-17)13-9-11(16)7-8-15(13)19/h7-9,12,14,19H,2-6,10,17H2,1H3. The van der Waals surface area contributed by atoms with Gasteiger partial charge in [-0.05, 0) is 38.1 Å². The molecule has 0 radical (unpaired) electrons. The first kappa shape index (κ1) is 14.6. The molecule has 1 aromatic rings. The van der Waals surface area contributed by atoms with Crippen LogP contribution in [0.2, 0.25) is 5.02 Å². The average molecular weight is 283 g/mol. The summed E-state index contributed by atoms with van der Waals surface area (Å²) in [6.07, 6.45) is 6.34. The molecule has 1 aromatic carbocycles. The van der Waals surface area contributed by atoms with Crippen LogP contribution < -0.4 is 5.73 Å². The number of hydrogen-bond donors (Lipinski definition) is 2. The van der Waals surface area contributed by atoms with Gasteiger partial charge >= 0.3 is 0 Å². The average Bonchev–Trinajstić information content (AvgIpc) is 2.44. The fourth-order valence-corrected chi connectivity index (χ4v) is 3.23. The van der Waals surface area contributed by atoms with Gasteiger partial charge in [0, 0.05) is 23.2 Å². The third kappa shape index (κ3) is 3.41. The van der Waals surface area contributed by atoms with Crippen LogP contribution in [0.1, 0.15) is 43.7 Å². The first-order valence-corrected chi connectivity index (χ1v) is 7.41. The molecule has 1 unspecified atom stereocenters. The van der Waals surface area contributed by atoms with Gasteiger partial charge in [-0.2, -0.15) is 0 Å². The Morgan fingerprint density at radius 1 is 1.37 bits per heavy atom. The van der Waals surface area contributed by atoms with Gasteiger partial charge < -0.3 is 10.8 Å². The van der Waals surface area contributed by atoms with Crippen LogP contribution >= 0.6 is 11.6 Å². The number of halogens is 1. The van der Waals surface area contributed by atoms with E-state index in [1.54, 1.807) is 12.1 Å². The Bertz CT molecular complexity index is 419. The summed E-state index contributed by atoms with van der Waals surface area (Å²) in [4.78, 5) is 2.31. The fourth-order valence-electron chi connectivity index (χ4n) is 3.05. The molecule has 0 spiro atoms. The molecule has 0 amide bonds. The van der Waals surface area contributed by atoms with Crippen LogP contribution in [-0.2, 0) is 0 Å². The Morgan fingerprint density at radius 2 is 2.05 bits per heavy atom. The van der Waals surface area contributed by atoms with Crippen molar-refractivity contribution in [2.24, 2.45) is 5.73 Å². The van der Waals surface area contributed by atoms with E-state index in [9.17, 15) is 5.11 Å². The molecule has 0 saturated heterocycles. The maximum absolute atomic E-state index is 10.0. The van der Waals surface area contributed by atoms with Gasteiger partial charge in [0.1, 0.15) is 5.75 Å². The highest BCUT2D eigenvalue weighted by molar-refractivity contribution is 6.30. The minimum Gasteiger partial charge on any atom is -0.508 e. The highest BCUT2D eigenvalue weighted by atomic mass is 35.5. The van der Waals surface area contributed by atoms with E-state index >= 15 is 0 Å². The number of likely N-dealkylation sites (N-methyl/N-ethyl adjacent to an activating group) is 1. The molecular weight excluding hydrogens is 260 g/mol. The Balaban J connectivity index is 2.20. The van der Waals surface area contributed by atoms with E-state index in [4.69, 9.17) is 17.3 Å². The van der Waals surface area contributed by atoms with Crippen molar-refractivity contribution in [1.82, 2.24) is 4.90 Å². The van der Waals surface area contributed by atoms with E-state index in [0.29, 0.717) is 17.6 Å². The van der Waals surface area contributed by atoms with Crippen LogP contribution in [0.3, 0.4) is 0 Å². The van der Waals surface area contributed by atoms with Gasteiger partial charge in [-0.15, -0.1) is 0 Å². The van der Waals surface area contributed by atoms with Crippen molar-refractivity contribution in [3.63, 3.8) is 0 Å². The molecule has 4 heteroatoms. The number of nitrogens with two attached hydrogens (primary N) is 1. The maximum Gasteiger partial charge on any atom is 0.120 e. The van der Waals surface area contributed by atoms with E-state index in [2.05, 4.69) is 11.9 Å². The largest absolute Gasteiger partial charge is 0.508 e. The zero-order chi connectivity index (χ0) is 13.8. The van der Waals surface area contributed by atoms with Crippen LogP contribution in [0, 0.1) is 0 Å². The number of benzene rings is 1. The van der Waals surface area contributed by atoms with Crippen LogP contribution in [0.5, 0.6) is 5.75 Å². The minimum atomic E-state index is 0.0294. The van der Waals surface area contributed by atoms with Gasteiger partial charge in [-0.25, -0.2) is 0 Å². The van der Waals surface area contributed by atoms with Gasteiger partial charge in [-0.3, -0.25) is 4.90 Å². The molecule has 0 heterocycles. The van der Waals surface area contributed by atoms with Crippen LogP contribution in [0.4, 0.5) is 0 Å². The molecule has 1 fully saturated rings. The zero-order valence-corrected chi connectivity index (χ0v) is 12.2. The van der Waals surface area contributed by atoms with Gasteiger partial charge in [0.2, 0.25) is 0 Å². The molecule has 1 aliphatic rings. The molecular formula is C15H23ClN2O. The van der Waals surface area contributed by atoms with E-state index < -0.39 is 0 Å². The first-order chi connectivity index (χ1) is 9.13. The Morgan fingerprint density at radius 3 is 2.68 bits per heavy atom. The number of rotatable bonds is 4. The second-order valence-corrected chi connectivity index (χ2v) is 5.85. The molecule has 0 bridgehead atoms. The summed E-state index contributed by atoms with van der Waals surface area (Å²) in [5.74, 6) is 0.280. The van der Waals surface area contributed by atoms with Crippen molar-refractivity contribution in [1.29, 1.82) is 0 Å². The summed E-state index contributed by atoms with van der Waals surface area (Å²) < 4.78 is 0. The summed E-state index contributed by atoms with van der Waals surface area (Å²) >= 11 is 6.04. The minimum absolute atomic E-state index is 0.0294. The lowest BCUT2D eigenvalue weighted by Crippen LogP contribution is -2.39. The summed E-state index contributed by atoms with van der Waals surface area (Å²) in [6.45, 7) is 0.487. The van der Waals surface area contributed by atoms with Gasteiger partial charge in [0.15, 0.2) is 0 Å². The lowest BCUT2D eigenvalue weighted by molar-refractivity contribution is 0.139.